The summed E-state index contributed by atoms with van der Waals surface area (Å²) in [6, 6.07) is 26.9. The van der Waals surface area contributed by atoms with E-state index in [-0.39, 0.29) is 6.04 Å². The SMILES string of the molecule is NC(c1ccc(-c2ccccc2)cc1)c1cccc(Br)c1. The molecule has 0 saturated carbocycles. The van der Waals surface area contributed by atoms with Gasteiger partial charge in [-0.15, -0.1) is 0 Å². The molecule has 3 aromatic carbocycles. The highest BCUT2D eigenvalue weighted by molar-refractivity contribution is 9.10. The van der Waals surface area contributed by atoms with Crippen LogP contribution in [0.25, 0.3) is 11.1 Å². The average Bonchev–Trinajstić information content (AvgIpc) is 2.55. The van der Waals surface area contributed by atoms with Crippen molar-refractivity contribution >= 4 is 15.9 Å². The van der Waals surface area contributed by atoms with Gasteiger partial charge in [-0.2, -0.15) is 0 Å². The first-order valence-electron chi connectivity index (χ1n) is 6.90. The summed E-state index contributed by atoms with van der Waals surface area (Å²) in [5, 5.41) is 0. The molecule has 0 aliphatic rings. The minimum absolute atomic E-state index is 0.104. The lowest BCUT2D eigenvalue weighted by molar-refractivity contribution is 0.871. The third-order valence-corrected chi connectivity index (χ3v) is 4.08. The van der Waals surface area contributed by atoms with E-state index >= 15 is 0 Å². The number of nitrogens with two attached hydrogens (primary N) is 1. The Bertz CT molecular complexity index is 720. The summed E-state index contributed by atoms with van der Waals surface area (Å²) in [5.41, 5.74) is 11.0. The van der Waals surface area contributed by atoms with E-state index in [0.717, 1.165) is 15.6 Å². The van der Waals surface area contributed by atoms with Gasteiger partial charge in [0, 0.05) is 4.47 Å². The Labute approximate surface area is 133 Å². The molecule has 2 N–H and O–H groups in total. The van der Waals surface area contributed by atoms with Gasteiger partial charge in [-0.25, -0.2) is 0 Å². The molecular weight excluding hydrogens is 322 g/mol. The van der Waals surface area contributed by atoms with Crippen LogP contribution in [-0.4, -0.2) is 0 Å². The van der Waals surface area contributed by atoms with Gasteiger partial charge in [-0.1, -0.05) is 82.7 Å². The maximum atomic E-state index is 6.35. The average molecular weight is 338 g/mol. The van der Waals surface area contributed by atoms with Crippen LogP contribution in [0.15, 0.2) is 83.3 Å². The van der Waals surface area contributed by atoms with Gasteiger partial charge >= 0.3 is 0 Å². The van der Waals surface area contributed by atoms with Gasteiger partial charge < -0.3 is 5.73 Å². The van der Waals surface area contributed by atoms with Gasteiger partial charge in [-0.05, 0) is 34.4 Å². The van der Waals surface area contributed by atoms with E-state index in [0.29, 0.717) is 0 Å². The van der Waals surface area contributed by atoms with Gasteiger partial charge in [-0.3, -0.25) is 0 Å². The molecule has 0 aliphatic carbocycles. The monoisotopic (exact) mass is 337 g/mol. The minimum Gasteiger partial charge on any atom is -0.320 e. The molecule has 0 aromatic heterocycles. The minimum atomic E-state index is -0.104. The summed E-state index contributed by atoms with van der Waals surface area (Å²) in [5.74, 6) is 0. The highest BCUT2D eigenvalue weighted by Gasteiger charge is 2.09. The number of halogens is 1. The molecule has 0 fully saturated rings. The lowest BCUT2D eigenvalue weighted by Crippen LogP contribution is -2.11. The molecule has 1 nitrogen and oxygen atoms in total. The van der Waals surface area contributed by atoms with Crippen molar-refractivity contribution < 1.29 is 0 Å². The smallest absolute Gasteiger partial charge is 0.0552 e. The van der Waals surface area contributed by atoms with Crippen molar-refractivity contribution in [3.8, 4) is 11.1 Å². The first-order chi connectivity index (χ1) is 10.2. The Hall–Kier alpha value is -1.90. The fraction of sp³-hybridized carbons (Fsp3) is 0.0526. The summed E-state index contributed by atoms with van der Waals surface area (Å²) in [4.78, 5) is 0. The van der Waals surface area contributed by atoms with Crippen LogP contribution in [0.2, 0.25) is 0 Å². The van der Waals surface area contributed by atoms with Crippen molar-refractivity contribution in [3.63, 3.8) is 0 Å². The summed E-state index contributed by atoms with van der Waals surface area (Å²) in [7, 11) is 0. The normalized spacial score (nSPS) is 12.1. The van der Waals surface area contributed by atoms with E-state index in [1.165, 1.54) is 11.1 Å². The van der Waals surface area contributed by atoms with Crippen LogP contribution in [-0.2, 0) is 0 Å². The van der Waals surface area contributed by atoms with Crippen molar-refractivity contribution in [2.45, 2.75) is 6.04 Å². The zero-order valence-corrected chi connectivity index (χ0v) is 13.1. The molecule has 0 saturated heterocycles. The van der Waals surface area contributed by atoms with Gasteiger partial charge in [0.15, 0.2) is 0 Å². The molecule has 2 heteroatoms. The molecular formula is C19H16BrN. The second-order valence-electron chi connectivity index (χ2n) is 5.02. The Balaban J connectivity index is 1.87. The Morgan fingerprint density at radius 1 is 0.667 bits per heavy atom. The first kappa shape index (κ1) is 14.1. The van der Waals surface area contributed by atoms with Gasteiger partial charge in [0.25, 0.3) is 0 Å². The summed E-state index contributed by atoms with van der Waals surface area (Å²) < 4.78 is 1.05. The van der Waals surface area contributed by atoms with Crippen molar-refractivity contribution in [3.05, 3.63) is 94.5 Å². The molecule has 0 bridgehead atoms. The van der Waals surface area contributed by atoms with E-state index in [9.17, 15) is 0 Å². The lowest BCUT2D eigenvalue weighted by Gasteiger charge is -2.13. The predicted octanol–water partition coefficient (Wildman–Crippen LogP) is 5.16. The predicted molar refractivity (Wildman–Crippen MR) is 92.1 cm³/mol. The molecule has 3 rings (SSSR count). The first-order valence-corrected chi connectivity index (χ1v) is 7.70. The number of benzene rings is 3. The van der Waals surface area contributed by atoms with Gasteiger partial charge in [0.2, 0.25) is 0 Å². The van der Waals surface area contributed by atoms with Crippen LogP contribution in [0.5, 0.6) is 0 Å². The van der Waals surface area contributed by atoms with Crippen LogP contribution in [0.3, 0.4) is 0 Å². The molecule has 0 aliphatic heterocycles. The molecule has 0 spiro atoms. The Morgan fingerprint density at radius 3 is 2.00 bits per heavy atom. The van der Waals surface area contributed by atoms with Crippen molar-refractivity contribution in [2.24, 2.45) is 5.73 Å². The van der Waals surface area contributed by atoms with Crippen LogP contribution in [0, 0.1) is 0 Å². The van der Waals surface area contributed by atoms with Crippen LogP contribution in [0.4, 0.5) is 0 Å². The maximum absolute atomic E-state index is 6.35. The third kappa shape index (κ3) is 3.23. The Morgan fingerprint density at radius 2 is 1.33 bits per heavy atom. The van der Waals surface area contributed by atoms with Crippen molar-refractivity contribution in [2.75, 3.05) is 0 Å². The second kappa shape index (κ2) is 6.25. The third-order valence-electron chi connectivity index (χ3n) is 3.58. The molecule has 1 unspecified atom stereocenters. The number of hydrogen-bond donors (Lipinski definition) is 1. The molecule has 0 heterocycles. The maximum Gasteiger partial charge on any atom is 0.0552 e. The zero-order valence-electron chi connectivity index (χ0n) is 11.5. The number of rotatable bonds is 3. The fourth-order valence-corrected chi connectivity index (χ4v) is 2.82. The summed E-state index contributed by atoms with van der Waals surface area (Å²) >= 11 is 3.49. The highest BCUT2D eigenvalue weighted by Crippen LogP contribution is 2.25. The Kier molecular flexibility index (Phi) is 4.18. The van der Waals surface area contributed by atoms with E-state index in [4.69, 9.17) is 5.73 Å². The van der Waals surface area contributed by atoms with Crippen LogP contribution >= 0.6 is 15.9 Å². The van der Waals surface area contributed by atoms with E-state index in [2.05, 4.69) is 76.6 Å². The second-order valence-corrected chi connectivity index (χ2v) is 5.94. The molecule has 1 atom stereocenters. The van der Waals surface area contributed by atoms with Crippen LogP contribution in [0.1, 0.15) is 17.2 Å². The van der Waals surface area contributed by atoms with E-state index in [1.54, 1.807) is 0 Å². The van der Waals surface area contributed by atoms with Gasteiger partial charge in [0.1, 0.15) is 0 Å². The molecule has 0 amide bonds. The largest absolute Gasteiger partial charge is 0.320 e. The topological polar surface area (TPSA) is 26.0 Å². The lowest BCUT2D eigenvalue weighted by atomic mass is 9.97. The molecule has 21 heavy (non-hydrogen) atoms. The van der Waals surface area contributed by atoms with E-state index in [1.807, 2.05) is 18.2 Å². The quantitative estimate of drug-likeness (QED) is 0.701. The molecule has 104 valence electrons. The fourth-order valence-electron chi connectivity index (χ4n) is 2.41. The van der Waals surface area contributed by atoms with Crippen LogP contribution < -0.4 is 5.73 Å². The molecule has 3 aromatic rings. The van der Waals surface area contributed by atoms with Gasteiger partial charge in [0.05, 0.1) is 6.04 Å². The summed E-state index contributed by atoms with van der Waals surface area (Å²) in [6.07, 6.45) is 0. The molecule has 0 radical (unpaired) electrons. The standard InChI is InChI=1S/C19H16BrN/c20-18-8-4-7-17(13-18)19(21)16-11-9-15(10-12-16)14-5-2-1-3-6-14/h1-13,19H,21H2. The van der Waals surface area contributed by atoms with E-state index < -0.39 is 0 Å². The van der Waals surface area contributed by atoms with Crippen molar-refractivity contribution in [1.29, 1.82) is 0 Å². The zero-order chi connectivity index (χ0) is 14.7. The highest BCUT2D eigenvalue weighted by atomic mass is 79.9. The summed E-state index contributed by atoms with van der Waals surface area (Å²) in [6.45, 7) is 0. The van der Waals surface area contributed by atoms with Crippen molar-refractivity contribution in [1.82, 2.24) is 0 Å². The number of hydrogen-bond acceptors (Lipinski definition) is 1.